The van der Waals surface area contributed by atoms with Crippen molar-refractivity contribution in [3.63, 3.8) is 0 Å². The summed E-state index contributed by atoms with van der Waals surface area (Å²) >= 11 is 2.94. The van der Waals surface area contributed by atoms with Crippen LogP contribution in [0.5, 0.6) is 5.75 Å². The molecule has 0 bridgehead atoms. The molecule has 29 heavy (non-hydrogen) atoms. The number of carbonyl (C=O) groups excluding carboxylic acids is 1. The van der Waals surface area contributed by atoms with Crippen LogP contribution in [0.3, 0.4) is 0 Å². The van der Waals surface area contributed by atoms with Crippen molar-refractivity contribution in [2.24, 2.45) is 0 Å². The van der Waals surface area contributed by atoms with E-state index in [1.165, 1.54) is 42.4 Å². The van der Waals surface area contributed by atoms with Crippen molar-refractivity contribution in [1.82, 2.24) is 9.97 Å². The Bertz CT molecular complexity index is 1020. The van der Waals surface area contributed by atoms with E-state index in [4.69, 9.17) is 9.72 Å². The molecule has 1 N–H and O–H groups in total. The predicted molar refractivity (Wildman–Crippen MR) is 121 cm³/mol. The van der Waals surface area contributed by atoms with Gasteiger partial charge in [0.05, 0.1) is 22.6 Å². The van der Waals surface area contributed by atoms with Gasteiger partial charge in [-0.3, -0.25) is 4.79 Å². The maximum atomic E-state index is 13.0. The Kier molecular flexibility index (Phi) is 6.20. The molecule has 0 spiro atoms. The highest BCUT2D eigenvalue weighted by Crippen LogP contribution is 2.34. The SMILES string of the molecule is CCOc1ccccc1NC(=O)c1cc2c(N3CCCCC3)nc(SC)nc2s1. The molecule has 1 amide bonds. The first-order valence-corrected chi connectivity index (χ1v) is 11.9. The fourth-order valence-corrected chi connectivity index (χ4v) is 4.81. The molecule has 1 saturated heterocycles. The molecule has 1 fully saturated rings. The highest BCUT2D eigenvalue weighted by atomic mass is 32.2. The Hall–Kier alpha value is -2.32. The lowest BCUT2D eigenvalue weighted by atomic mass is 10.1. The number of nitrogens with one attached hydrogen (secondary N) is 1. The highest BCUT2D eigenvalue weighted by molar-refractivity contribution is 7.98. The lowest BCUT2D eigenvalue weighted by Gasteiger charge is -2.28. The van der Waals surface area contributed by atoms with Gasteiger partial charge in [0.15, 0.2) is 5.16 Å². The van der Waals surface area contributed by atoms with E-state index in [9.17, 15) is 4.79 Å². The van der Waals surface area contributed by atoms with Crippen molar-refractivity contribution in [3.05, 3.63) is 35.2 Å². The van der Waals surface area contributed by atoms with Gasteiger partial charge in [0.1, 0.15) is 16.4 Å². The molecule has 3 heterocycles. The summed E-state index contributed by atoms with van der Waals surface area (Å²) in [6.45, 7) is 4.47. The highest BCUT2D eigenvalue weighted by Gasteiger charge is 2.21. The van der Waals surface area contributed by atoms with Gasteiger partial charge in [-0.05, 0) is 50.6 Å². The quantitative estimate of drug-likeness (QED) is 0.437. The number of rotatable bonds is 6. The standard InChI is InChI=1S/C21H24N4O2S2/c1-3-27-16-10-6-5-9-15(16)22-19(26)17-13-14-18(25-11-7-4-8-12-25)23-21(28-2)24-20(14)29-17/h5-6,9-10,13H,3-4,7-8,11-12H2,1-2H3,(H,22,26). The number of fused-ring (bicyclic) bond motifs is 1. The maximum Gasteiger partial charge on any atom is 0.265 e. The van der Waals surface area contributed by atoms with Crippen molar-refractivity contribution in [2.75, 3.05) is 36.2 Å². The lowest BCUT2D eigenvalue weighted by Crippen LogP contribution is -2.30. The summed E-state index contributed by atoms with van der Waals surface area (Å²) in [5.41, 5.74) is 0.670. The summed E-state index contributed by atoms with van der Waals surface area (Å²) in [6, 6.07) is 9.40. The van der Waals surface area contributed by atoms with Crippen molar-refractivity contribution >= 4 is 50.7 Å². The van der Waals surface area contributed by atoms with E-state index in [2.05, 4.69) is 15.2 Å². The Morgan fingerprint density at radius 1 is 1.24 bits per heavy atom. The third kappa shape index (κ3) is 4.33. The van der Waals surface area contributed by atoms with Gasteiger partial charge in [0.25, 0.3) is 5.91 Å². The van der Waals surface area contributed by atoms with Crippen molar-refractivity contribution in [1.29, 1.82) is 0 Å². The minimum absolute atomic E-state index is 0.157. The predicted octanol–water partition coefficient (Wildman–Crippen LogP) is 5.05. The molecule has 0 atom stereocenters. The molecular weight excluding hydrogens is 404 g/mol. The molecule has 2 aromatic heterocycles. The van der Waals surface area contributed by atoms with E-state index in [-0.39, 0.29) is 5.91 Å². The average molecular weight is 429 g/mol. The number of carbonyl (C=O) groups is 1. The molecule has 4 rings (SSSR count). The average Bonchev–Trinajstić information content (AvgIpc) is 3.19. The van der Waals surface area contributed by atoms with Crippen molar-refractivity contribution in [2.45, 2.75) is 31.3 Å². The van der Waals surface area contributed by atoms with E-state index in [1.54, 1.807) is 0 Å². The first-order valence-electron chi connectivity index (χ1n) is 9.83. The van der Waals surface area contributed by atoms with Crippen LogP contribution in [0.4, 0.5) is 11.5 Å². The monoisotopic (exact) mass is 428 g/mol. The summed E-state index contributed by atoms with van der Waals surface area (Å²) in [5.74, 6) is 1.46. The van der Waals surface area contributed by atoms with Crippen molar-refractivity contribution < 1.29 is 9.53 Å². The number of aromatic nitrogens is 2. The van der Waals surface area contributed by atoms with Gasteiger partial charge in [-0.25, -0.2) is 9.97 Å². The van der Waals surface area contributed by atoms with Crippen LogP contribution in [-0.2, 0) is 0 Å². The summed E-state index contributed by atoms with van der Waals surface area (Å²) in [5, 5.41) is 4.68. The van der Waals surface area contributed by atoms with Crippen LogP contribution in [0.25, 0.3) is 10.2 Å². The van der Waals surface area contributed by atoms with E-state index in [0.29, 0.717) is 22.9 Å². The summed E-state index contributed by atoms with van der Waals surface area (Å²) in [6.07, 6.45) is 5.58. The third-order valence-corrected chi connectivity index (χ3v) is 6.42. The lowest BCUT2D eigenvalue weighted by molar-refractivity contribution is 0.103. The second kappa shape index (κ2) is 9.00. The van der Waals surface area contributed by atoms with Gasteiger partial charge in [-0.2, -0.15) is 0 Å². The second-order valence-electron chi connectivity index (χ2n) is 6.79. The first kappa shape index (κ1) is 20.0. The number of nitrogens with zero attached hydrogens (tertiary/aromatic N) is 3. The summed E-state index contributed by atoms with van der Waals surface area (Å²) in [7, 11) is 0. The van der Waals surface area contributed by atoms with Gasteiger partial charge >= 0.3 is 0 Å². The van der Waals surface area contributed by atoms with Gasteiger partial charge in [-0.1, -0.05) is 23.9 Å². The molecule has 6 nitrogen and oxygen atoms in total. The van der Waals surface area contributed by atoms with Crippen LogP contribution in [0, 0.1) is 0 Å². The van der Waals surface area contributed by atoms with Gasteiger partial charge < -0.3 is 15.0 Å². The minimum atomic E-state index is -0.157. The van der Waals surface area contributed by atoms with E-state index < -0.39 is 0 Å². The first-order chi connectivity index (χ1) is 14.2. The van der Waals surface area contributed by atoms with E-state index >= 15 is 0 Å². The van der Waals surface area contributed by atoms with Crippen LogP contribution in [-0.4, -0.2) is 41.8 Å². The topological polar surface area (TPSA) is 67.3 Å². The van der Waals surface area contributed by atoms with E-state index in [1.807, 2.05) is 43.5 Å². The van der Waals surface area contributed by atoms with Crippen molar-refractivity contribution in [3.8, 4) is 5.75 Å². The molecule has 0 saturated carbocycles. The largest absolute Gasteiger partial charge is 0.492 e. The fraction of sp³-hybridized carbons (Fsp3) is 0.381. The molecule has 152 valence electrons. The number of para-hydroxylation sites is 2. The molecule has 0 radical (unpaired) electrons. The van der Waals surface area contributed by atoms with Crippen LogP contribution < -0.4 is 15.0 Å². The van der Waals surface area contributed by atoms with Gasteiger partial charge in [-0.15, -0.1) is 11.3 Å². The number of piperidine rings is 1. The minimum Gasteiger partial charge on any atom is -0.492 e. The zero-order chi connectivity index (χ0) is 20.2. The van der Waals surface area contributed by atoms with Crippen LogP contribution in [0.15, 0.2) is 35.5 Å². The fourth-order valence-electron chi connectivity index (χ4n) is 3.47. The number of ether oxygens (including phenoxy) is 1. The second-order valence-corrected chi connectivity index (χ2v) is 8.60. The normalized spacial score (nSPS) is 14.2. The summed E-state index contributed by atoms with van der Waals surface area (Å²) < 4.78 is 5.62. The van der Waals surface area contributed by atoms with Crippen LogP contribution in [0.2, 0.25) is 0 Å². The Morgan fingerprint density at radius 2 is 2.03 bits per heavy atom. The van der Waals surface area contributed by atoms with Gasteiger partial charge in [0.2, 0.25) is 0 Å². The number of amides is 1. The number of anilines is 2. The Morgan fingerprint density at radius 3 is 2.79 bits per heavy atom. The van der Waals surface area contributed by atoms with E-state index in [0.717, 1.165) is 34.3 Å². The zero-order valence-electron chi connectivity index (χ0n) is 16.6. The molecule has 1 aromatic carbocycles. The molecule has 0 aliphatic carbocycles. The van der Waals surface area contributed by atoms with Crippen LogP contribution in [0.1, 0.15) is 35.9 Å². The molecule has 1 aliphatic rings. The number of hydrogen-bond donors (Lipinski definition) is 1. The third-order valence-electron chi connectivity index (χ3n) is 4.85. The summed E-state index contributed by atoms with van der Waals surface area (Å²) in [4.78, 5) is 26.2. The van der Waals surface area contributed by atoms with Gasteiger partial charge in [0, 0.05) is 13.1 Å². The smallest absolute Gasteiger partial charge is 0.265 e. The number of thioether (sulfide) groups is 1. The van der Waals surface area contributed by atoms with Crippen LogP contribution >= 0.6 is 23.1 Å². The number of hydrogen-bond acceptors (Lipinski definition) is 7. The Balaban J connectivity index is 1.67. The number of benzene rings is 1. The molecule has 0 unspecified atom stereocenters. The molecule has 1 aliphatic heterocycles. The molecule has 8 heteroatoms. The molecule has 3 aromatic rings. The number of thiophene rings is 1. The zero-order valence-corrected chi connectivity index (χ0v) is 18.2. The Labute approximate surface area is 178 Å². The maximum absolute atomic E-state index is 13.0. The molecular formula is C21H24N4O2S2.